The van der Waals surface area contributed by atoms with Crippen LogP contribution >= 0.6 is 0 Å². The zero-order valence-electron chi connectivity index (χ0n) is 9.69. The Kier molecular flexibility index (Phi) is 7.08. The average Bonchev–Trinajstić information content (AvgIpc) is 2.15. The fourth-order valence-electron chi connectivity index (χ4n) is 0.844. The lowest BCUT2D eigenvalue weighted by molar-refractivity contribution is 0.114. The van der Waals surface area contributed by atoms with Crippen molar-refractivity contribution in [3.8, 4) is 0 Å². The fourth-order valence-corrected chi connectivity index (χ4v) is 1.75. The molecule has 6 heteroatoms. The van der Waals surface area contributed by atoms with E-state index in [0.29, 0.717) is 25.7 Å². The number of hydrogen-bond acceptors (Lipinski definition) is 4. The van der Waals surface area contributed by atoms with Gasteiger partial charge < -0.3 is 10.5 Å². The molecule has 15 heavy (non-hydrogen) atoms. The lowest BCUT2D eigenvalue weighted by Gasteiger charge is -2.12. The second-order valence-electron chi connectivity index (χ2n) is 3.95. The fraction of sp³-hybridized carbons (Fsp3) is 1.00. The van der Waals surface area contributed by atoms with Gasteiger partial charge in [0, 0.05) is 19.7 Å². The van der Waals surface area contributed by atoms with Crippen molar-refractivity contribution in [3.63, 3.8) is 0 Å². The number of ether oxygens (including phenoxy) is 1. The maximum Gasteiger partial charge on any atom is 0.215 e. The smallest absolute Gasteiger partial charge is 0.215 e. The predicted molar refractivity (Wildman–Crippen MR) is 61.1 cm³/mol. The first-order chi connectivity index (χ1) is 6.90. The lowest BCUT2D eigenvalue weighted by atomic mass is 10.2. The Morgan fingerprint density at radius 1 is 1.33 bits per heavy atom. The van der Waals surface area contributed by atoms with Gasteiger partial charge in [-0.25, -0.2) is 13.1 Å². The zero-order chi connectivity index (χ0) is 11.9. The van der Waals surface area contributed by atoms with Gasteiger partial charge in [-0.05, 0) is 12.8 Å². The summed E-state index contributed by atoms with van der Waals surface area (Å²) in [6.45, 7) is 7.14. The molecule has 0 aliphatic rings. The largest absolute Gasteiger partial charge is 0.380 e. The van der Waals surface area contributed by atoms with Crippen molar-refractivity contribution in [3.05, 3.63) is 0 Å². The van der Waals surface area contributed by atoms with Gasteiger partial charge in [0.05, 0.1) is 11.9 Å². The summed E-state index contributed by atoms with van der Waals surface area (Å²) in [6.07, 6.45) is 0. The molecule has 1 atom stereocenters. The number of rotatable bonds is 8. The van der Waals surface area contributed by atoms with Crippen LogP contribution in [0.15, 0.2) is 0 Å². The van der Waals surface area contributed by atoms with Crippen LogP contribution in [0.3, 0.4) is 0 Å². The van der Waals surface area contributed by atoms with Gasteiger partial charge in [0.25, 0.3) is 0 Å². The van der Waals surface area contributed by atoms with E-state index in [4.69, 9.17) is 10.5 Å². The minimum atomic E-state index is -3.27. The first kappa shape index (κ1) is 14.8. The van der Waals surface area contributed by atoms with Crippen molar-refractivity contribution < 1.29 is 13.2 Å². The van der Waals surface area contributed by atoms with Crippen LogP contribution in [-0.4, -0.2) is 40.0 Å². The Balaban J connectivity index is 3.67. The molecule has 0 fully saturated rings. The van der Waals surface area contributed by atoms with Gasteiger partial charge in [-0.3, -0.25) is 0 Å². The van der Waals surface area contributed by atoms with E-state index in [1.165, 1.54) is 0 Å². The minimum Gasteiger partial charge on any atom is -0.380 e. The maximum absolute atomic E-state index is 11.4. The van der Waals surface area contributed by atoms with E-state index < -0.39 is 15.3 Å². The number of nitrogens with one attached hydrogen (secondary N) is 1. The highest BCUT2D eigenvalue weighted by atomic mass is 32.2. The SMILES string of the molecule is CC(C)COCCNS(=O)(=O)C(C)CN. The summed E-state index contributed by atoms with van der Waals surface area (Å²) in [5.74, 6) is 0.463. The van der Waals surface area contributed by atoms with Crippen LogP contribution in [-0.2, 0) is 14.8 Å². The van der Waals surface area contributed by atoms with E-state index in [1.54, 1.807) is 6.92 Å². The van der Waals surface area contributed by atoms with Crippen LogP contribution in [0.4, 0.5) is 0 Å². The summed E-state index contributed by atoms with van der Waals surface area (Å²) in [5.41, 5.74) is 5.28. The molecule has 0 heterocycles. The van der Waals surface area contributed by atoms with E-state index >= 15 is 0 Å². The topological polar surface area (TPSA) is 81.4 Å². The zero-order valence-corrected chi connectivity index (χ0v) is 10.5. The molecule has 0 aromatic rings. The summed E-state index contributed by atoms with van der Waals surface area (Å²) in [4.78, 5) is 0. The maximum atomic E-state index is 11.4. The van der Waals surface area contributed by atoms with Gasteiger partial charge in [0.2, 0.25) is 10.0 Å². The number of hydrogen-bond donors (Lipinski definition) is 2. The second-order valence-corrected chi connectivity index (χ2v) is 6.14. The molecule has 5 nitrogen and oxygen atoms in total. The molecule has 0 radical (unpaired) electrons. The van der Waals surface area contributed by atoms with Crippen molar-refractivity contribution >= 4 is 10.0 Å². The third-order valence-corrected chi connectivity index (χ3v) is 3.72. The highest BCUT2D eigenvalue weighted by Gasteiger charge is 2.17. The van der Waals surface area contributed by atoms with Crippen LogP contribution in [0, 0.1) is 5.92 Å². The molecule has 0 spiro atoms. The van der Waals surface area contributed by atoms with E-state index in [2.05, 4.69) is 4.72 Å². The van der Waals surface area contributed by atoms with Gasteiger partial charge in [-0.15, -0.1) is 0 Å². The summed E-state index contributed by atoms with van der Waals surface area (Å²) < 4.78 is 30.5. The molecular weight excluding hydrogens is 216 g/mol. The van der Waals surface area contributed by atoms with Crippen molar-refractivity contribution in [1.29, 1.82) is 0 Å². The first-order valence-electron chi connectivity index (χ1n) is 5.16. The molecule has 0 amide bonds. The van der Waals surface area contributed by atoms with Gasteiger partial charge in [-0.2, -0.15) is 0 Å². The normalized spacial score (nSPS) is 14.5. The molecule has 0 aromatic carbocycles. The average molecular weight is 238 g/mol. The predicted octanol–water partition coefficient (Wildman–Crippen LogP) is -0.0744. The molecule has 0 rings (SSSR count). The molecule has 0 aromatic heterocycles. The van der Waals surface area contributed by atoms with Crippen molar-refractivity contribution in [1.82, 2.24) is 4.72 Å². The van der Waals surface area contributed by atoms with Gasteiger partial charge >= 0.3 is 0 Å². The number of sulfonamides is 1. The third kappa shape index (κ3) is 6.83. The second kappa shape index (κ2) is 7.16. The Morgan fingerprint density at radius 2 is 1.93 bits per heavy atom. The minimum absolute atomic E-state index is 0.127. The van der Waals surface area contributed by atoms with Gasteiger partial charge in [0.15, 0.2) is 0 Å². The van der Waals surface area contributed by atoms with Crippen LogP contribution < -0.4 is 10.5 Å². The Hall–Kier alpha value is -0.170. The monoisotopic (exact) mass is 238 g/mol. The Bertz CT molecular complexity index is 252. The van der Waals surface area contributed by atoms with Crippen molar-refractivity contribution in [2.24, 2.45) is 11.7 Å². The van der Waals surface area contributed by atoms with E-state index in [9.17, 15) is 8.42 Å². The quantitative estimate of drug-likeness (QED) is 0.580. The molecular formula is C9H22N2O3S. The molecule has 0 aliphatic carbocycles. The highest BCUT2D eigenvalue weighted by Crippen LogP contribution is 1.95. The molecule has 0 saturated heterocycles. The van der Waals surface area contributed by atoms with Crippen molar-refractivity contribution in [2.45, 2.75) is 26.0 Å². The molecule has 0 bridgehead atoms. The van der Waals surface area contributed by atoms with Gasteiger partial charge in [0.1, 0.15) is 0 Å². The summed E-state index contributed by atoms with van der Waals surface area (Å²) >= 11 is 0. The Labute approximate surface area is 92.4 Å². The molecule has 3 N–H and O–H groups in total. The molecule has 0 saturated carbocycles. The van der Waals surface area contributed by atoms with Crippen LogP contribution in [0.25, 0.3) is 0 Å². The lowest BCUT2D eigenvalue weighted by Crippen LogP contribution is -2.38. The summed E-state index contributed by atoms with van der Waals surface area (Å²) in [6, 6.07) is 0. The van der Waals surface area contributed by atoms with Crippen molar-refractivity contribution in [2.75, 3.05) is 26.3 Å². The summed E-state index contributed by atoms with van der Waals surface area (Å²) in [5, 5.41) is -0.553. The van der Waals surface area contributed by atoms with Gasteiger partial charge in [-0.1, -0.05) is 13.8 Å². The molecule has 92 valence electrons. The first-order valence-corrected chi connectivity index (χ1v) is 6.71. The van der Waals surface area contributed by atoms with E-state index in [-0.39, 0.29) is 6.54 Å². The van der Waals surface area contributed by atoms with Crippen LogP contribution in [0.1, 0.15) is 20.8 Å². The van der Waals surface area contributed by atoms with Crippen LogP contribution in [0.2, 0.25) is 0 Å². The van der Waals surface area contributed by atoms with Crippen LogP contribution in [0.5, 0.6) is 0 Å². The Morgan fingerprint density at radius 3 is 2.40 bits per heavy atom. The molecule has 0 aliphatic heterocycles. The third-order valence-electron chi connectivity index (χ3n) is 1.86. The number of nitrogens with two attached hydrogens (primary N) is 1. The molecule has 1 unspecified atom stereocenters. The van der Waals surface area contributed by atoms with E-state index in [1.807, 2.05) is 13.8 Å². The highest BCUT2D eigenvalue weighted by molar-refractivity contribution is 7.90. The van der Waals surface area contributed by atoms with E-state index in [0.717, 1.165) is 0 Å². The standard InChI is InChI=1S/C9H22N2O3S/c1-8(2)7-14-5-4-11-15(12,13)9(3)6-10/h8-9,11H,4-7,10H2,1-3H3. The summed E-state index contributed by atoms with van der Waals surface area (Å²) in [7, 11) is -3.27.